The molecule has 4 rings (SSSR count). The minimum Gasteiger partial charge on any atom is -0.482 e. The lowest BCUT2D eigenvalue weighted by molar-refractivity contribution is -0.139. The number of fused-ring (bicyclic) bond motifs is 1. The fourth-order valence-electron chi connectivity index (χ4n) is 3.08. The van der Waals surface area contributed by atoms with Gasteiger partial charge in [0.05, 0.1) is 19.8 Å². The molecule has 0 aliphatic heterocycles. The van der Waals surface area contributed by atoms with E-state index >= 15 is 0 Å². The van der Waals surface area contributed by atoms with Gasteiger partial charge in [0.1, 0.15) is 17.3 Å². The molecule has 0 bridgehead atoms. The van der Waals surface area contributed by atoms with Gasteiger partial charge in [0.2, 0.25) is 9.84 Å². The zero-order valence-electron chi connectivity index (χ0n) is 16.5. The number of hydrogen-bond donors (Lipinski definition) is 2. The van der Waals surface area contributed by atoms with Gasteiger partial charge >= 0.3 is 5.97 Å². The van der Waals surface area contributed by atoms with E-state index in [0.29, 0.717) is 10.9 Å². The molecule has 7 nitrogen and oxygen atoms in total. The van der Waals surface area contributed by atoms with E-state index in [1.165, 1.54) is 36.5 Å². The van der Waals surface area contributed by atoms with Gasteiger partial charge < -0.3 is 19.6 Å². The molecule has 0 atom stereocenters. The predicted octanol–water partition coefficient (Wildman–Crippen LogP) is 5.70. The van der Waals surface area contributed by atoms with Crippen LogP contribution in [0.25, 0.3) is 10.9 Å². The summed E-state index contributed by atoms with van der Waals surface area (Å²) in [6.07, 6.45) is 1.35. The van der Waals surface area contributed by atoms with Crippen LogP contribution in [-0.2, 0) is 14.6 Å². The number of sulfone groups is 1. The van der Waals surface area contributed by atoms with E-state index in [4.69, 9.17) is 37.8 Å². The van der Waals surface area contributed by atoms with Gasteiger partial charge in [0.15, 0.2) is 12.4 Å². The highest BCUT2D eigenvalue weighted by Gasteiger charge is 2.22. The highest BCUT2D eigenvalue weighted by atomic mass is 35.5. The number of aromatic amines is 1. The number of aromatic nitrogens is 1. The lowest BCUT2D eigenvalue weighted by Crippen LogP contribution is -2.09. The molecule has 11 heteroatoms. The Morgan fingerprint density at radius 3 is 2.30 bits per heavy atom. The van der Waals surface area contributed by atoms with Crippen molar-refractivity contribution in [2.24, 2.45) is 0 Å². The van der Waals surface area contributed by atoms with Crippen LogP contribution in [-0.4, -0.2) is 31.1 Å². The lowest BCUT2D eigenvalue weighted by atomic mass is 10.2. The van der Waals surface area contributed by atoms with Crippen molar-refractivity contribution in [1.29, 1.82) is 0 Å². The maximum absolute atomic E-state index is 13.2. The highest BCUT2D eigenvalue weighted by Crippen LogP contribution is 2.40. The Morgan fingerprint density at radius 2 is 1.67 bits per heavy atom. The quantitative estimate of drug-likeness (QED) is 0.309. The first-order valence-electron chi connectivity index (χ1n) is 9.28. The molecule has 2 N–H and O–H groups in total. The summed E-state index contributed by atoms with van der Waals surface area (Å²) < 4.78 is 50.2. The molecule has 1 aromatic heterocycles. The monoisotopic (exact) mass is 509 g/mol. The molecule has 0 unspecified atom stereocenters. The second-order valence-corrected chi connectivity index (χ2v) is 9.55. The zero-order chi connectivity index (χ0) is 23.8. The van der Waals surface area contributed by atoms with Crippen molar-refractivity contribution in [1.82, 2.24) is 4.98 Å². The van der Waals surface area contributed by atoms with Crippen molar-refractivity contribution in [2.45, 2.75) is 9.79 Å². The third-order valence-electron chi connectivity index (χ3n) is 4.58. The average Bonchev–Trinajstić information content (AvgIpc) is 3.19. The topological polar surface area (TPSA) is 106 Å². The summed E-state index contributed by atoms with van der Waals surface area (Å²) in [4.78, 5) is 13.5. The average molecular weight is 510 g/mol. The normalized spacial score (nSPS) is 11.5. The van der Waals surface area contributed by atoms with Crippen molar-refractivity contribution < 1.29 is 32.2 Å². The number of carboxylic acid groups (broad SMARTS) is 1. The number of nitrogens with one attached hydrogen (secondary N) is 1. The third-order valence-corrected chi connectivity index (χ3v) is 6.95. The van der Waals surface area contributed by atoms with Gasteiger partial charge in [-0.3, -0.25) is 0 Å². The molecule has 1 heterocycles. The van der Waals surface area contributed by atoms with Crippen LogP contribution in [0.15, 0.2) is 70.6 Å². The maximum atomic E-state index is 13.2. The molecule has 0 saturated carbocycles. The number of ether oxygens (including phenoxy) is 2. The summed E-state index contributed by atoms with van der Waals surface area (Å²) in [6.45, 7) is -0.567. The Kier molecular flexibility index (Phi) is 6.20. The Labute approximate surface area is 197 Å². The van der Waals surface area contributed by atoms with Crippen LogP contribution < -0.4 is 9.47 Å². The number of halogens is 3. The summed E-state index contributed by atoms with van der Waals surface area (Å²) in [5.41, 5.74) is 0.539. The van der Waals surface area contributed by atoms with Crippen LogP contribution in [0.4, 0.5) is 4.39 Å². The maximum Gasteiger partial charge on any atom is 0.341 e. The third kappa shape index (κ3) is 4.75. The second kappa shape index (κ2) is 8.93. The first-order chi connectivity index (χ1) is 15.6. The van der Waals surface area contributed by atoms with E-state index in [2.05, 4.69) is 4.98 Å². The van der Waals surface area contributed by atoms with E-state index in [1.807, 2.05) is 0 Å². The van der Waals surface area contributed by atoms with Crippen molar-refractivity contribution >= 4 is 49.9 Å². The van der Waals surface area contributed by atoms with E-state index in [0.717, 1.165) is 12.1 Å². The van der Waals surface area contributed by atoms with Crippen molar-refractivity contribution in [2.75, 3.05) is 6.61 Å². The van der Waals surface area contributed by atoms with Gasteiger partial charge in [-0.15, -0.1) is 0 Å². The summed E-state index contributed by atoms with van der Waals surface area (Å²) >= 11 is 12.4. The fraction of sp³-hybridized carbons (Fsp3) is 0.0455. The summed E-state index contributed by atoms with van der Waals surface area (Å²) in [5, 5.41) is 9.20. The van der Waals surface area contributed by atoms with E-state index < -0.39 is 28.2 Å². The van der Waals surface area contributed by atoms with Gasteiger partial charge in [-0.25, -0.2) is 17.6 Å². The summed E-state index contributed by atoms with van der Waals surface area (Å²) in [7, 11) is -3.93. The number of rotatable bonds is 7. The Morgan fingerprint density at radius 1 is 1.00 bits per heavy atom. The van der Waals surface area contributed by atoms with Crippen molar-refractivity contribution in [3.8, 4) is 17.2 Å². The number of H-pyrrole nitrogens is 1. The van der Waals surface area contributed by atoms with Crippen LogP contribution in [0.2, 0.25) is 10.0 Å². The van der Waals surface area contributed by atoms with Gasteiger partial charge in [0.25, 0.3) is 0 Å². The molecular formula is C22H14Cl2FNO6S. The second-order valence-electron chi connectivity index (χ2n) is 6.82. The highest BCUT2D eigenvalue weighted by molar-refractivity contribution is 7.91. The van der Waals surface area contributed by atoms with Crippen LogP contribution in [0.5, 0.6) is 17.2 Å². The smallest absolute Gasteiger partial charge is 0.341 e. The SMILES string of the molecule is O=C(O)COc1cc(Cl)c(Oc2ccc3[nH]cc(S(=O)(=O)c4ccc(F)cc4)c3c2)c(Cl)c1. The largest absolute Gasteiger partial charge is 0.482 e. The molecule has 0 aliphatic rings. The van der Waals surface area contributed by atoms with Crippen LogP contribution in [0.3, 0.4) is 0 Å². The lowest BCUT2D eigenvalue weighted by Gasteiger charge is -2.12. The number of aliphatic carboxylic acids is 1. The van der Waals surface area contributed by atoms with Gasteiger partial charge in [-0.05, 0) is 42.5 Å². The van der Waals surface area contributed by atoms with Gasteiger partial charge in [-0.1, -0.05) is 23.2 Å². The van der Waals surface area contributed by atoms with Gasteiger partial charge in [-0.2, -0.15) is 0 Å². The Balaban J connectivity index is 1.68. The predicted molar refractivity (Wildman–Crippen MR) is 120 cm³/mol. The Hall–Kier alpha value is -3.27. The first-order valence-corrected chi connectivity index (χ1v) is 11.5. The fourth-order valence-corrected chi connectivity index (χ4v) is 5.05. The van der Waals surface area contributed by atoms with Gasteiger partial charge in [0, 0.05) is 29.2 Å². The molecule has 170 valence electrons. The molecule has 0 spiro atoms. The van der Waals surface area contributed by atoms with Crippen molar-refractivity contribution in [3.05, 3.63) is 76.7 Å². The van der Waals surface area contributed by atoms with E-state index in [9.17, 15) is 17.6 Å². The minimum atomic E-state index is -3.93. The molecule has 0 saturated heterocycles. The zero-order valence-corrected chi connectivity index (χ0v) is 18.8. The molecule has 0 amide bonds. The molecule has 3 aromatic carbocycles. The van der Waals surface area contributed by atoms with Crippen LogP contribution >= 0.6 is 23.2 Å². The summed E-state index contributed by atoms with van der Waals surface area (Å²) in [6, 6.07) is 12.0. The Bertz CT molecular complexity index is 1450. The number of carboxylic acids is 1. The first kappa shape index (κ1) is 22.9. The minimum absolute atomic E-state index is 0.0100. The number of carbonyl (C=O) groups is 1. The van der Waals surface area contributed by atoms with E-state index in [1.54, 1.807) is 12.1 Å². The molecule has 0 fully saturated rings. The molecular weight excluding hydrogens is 496 g/mol. The molecule has 4 aromatic rings. The van der Waals surface area contributed by atoms with Crippen LogP contribution in [0, 0.1) is 5.82 Å². The van der Waals surface area contributed by atoms with E-state index in [-0.39, 0.29) is 37.1 Å². The molecule has 0 aliphatic carbocycles. The molecule has 0 radical (unpaired) electrons. The number of hydrogen-bond acceptors (Lipinski definition) is 5. The van der Waals surface area contributed by atoms with Crippen molar-refractivity contribution in [3.63, 3.8) is 0 Å². The standard InChI is InChI=1S/C22H14Cl2FNO6S/c23-17-8-14(31-11-21(27)28)9-18(24)22(17)32-13-3-6-19-16(7-13)20(10-26-19)33(29,30)15-4-1-12(25)2-5-15/h1-10,26H,11H2,(H,27,28). The number of benzene rings is 3. The molecule has 33 heavy (non-hydrogen) atoms. The summed E-state index contributed by atoms with van der Waals surface area (Å²) in [5.74, 6) is -1.22. The van der Waals surface area contributed by atoms with Crippen LogP contribution in [0.1, 0.15) is 0 Å².